The van der Waals surface area contributed by atoms with Gasteiger partial charge >= 0.3 is 0 Å². The van der Waals surface area contributed by atoms with Crippen LogP contribution in [0.3, 0.4) is 0 Å². The maximum Gasteiger partial charge on any atom is 0.271 e. The van der Waals surface area contributed by atoms with Gasteiger partial charge in [0.25, 0.3) is 5.91 Å². The maximum atomic E-state index is 12.0. The Bertz CT molecular complexity index is 586. The van der Waals surface area contributed by atoms with Crippen LogP contribution in [0.2, 0.25) is 0 Å². The van der Waals surface area contributed by atoms with E-state index >= 15 is 0 Å². The van der Waals surface area contributed by atoms with E-state index in [1.54, 1.807) is 12.5 Å². The normalized spacial score (nSPS) is 11.4. The van der Waals surface area contributed by atoms with Gasteiger partial charge in [0.05, 0.1) is 13.2 Å². The van der Waals surface area contributed by atoms with Gasteiger partial charge in [-0.25, -0.2) is 4.98 Å². The lowest BCUT2D eigenvalue weighted by atomic mass is 10.1. The molecule has 0 aliphatic carbocycles. The molecule has 0 saturated heterocycles. The van der Waals surface area contributed by atoms with Crippen LogP contribution in [0.25, 0.3) is 0 Å². The van der Waals surface area contributed by atoms with E-state index in [0.717, 1.165) is 16.3 Å². The second-order valence-electron chi connectivity index (χ2n) is 4.30. The second kappa shape index (κ2) is 7.97. The zero-order valence-corrected chi connectivity index (χ0v) is 13.5. The SMILES string of the molecule is COc1ccc(C(C)NC(=O)c2csc(CN)n2)cc1.Cl. The largest absolute Gasteiger partial charge is 0.497 e. The number of nitrogens with one attached hydrogen (secondary N) is 1. The number of carbonyl (C=O) groups is 1. The number of halogens is 1. The Morgan fingerprint density at radius 3 is 2.62 bits per heavy atom. The van der Waals surface area contributed by atoms with Crippen molar-refractivity contribution in [3.63, 3.8) is 0 Å². The molecule has 21 heavy (non-hydrogen) atoms. The van der Waals surface area contributed by atoms with Gasteiger partial charge in [-0.15, -0.1) is 23.7 Å². The lowest BCUT2D eigenvalue weighted by molar-refractivity contribution is 0.0935. The maximum absolute atomic E-state index is 12.0. The fraction of sp³-hybridized carbons (Fsp3) is 0.286. The van der Waals surface area contributed by atoms with E-state index in [4.69, 9.17) is 10.5 Å². The third-order valence-electron chi connectivity index (χ3n) is 2.92. The number of rotatable bonds is 5. The van der Waals surface area contributed by atoms with Crippen molar-refractivity contribution in [3.05, 3.63) is 45.9 Å². The van der Waals surface area contributed by atoms with Crippen LogP contribution < -0.4 is 15.8 Å². The highest BCUT2D eigenvalue weighted by Crippen LogP contribution is 2.18. The van der Waals surface area contributed by atoms with E-state index in [2.05, 4.69) is 10.3 Å². The summed E-state index contributed by atoms with van der Waals surface area (Å²) < 4.78 is 5.11. The Morgan fingerprint density at radius 1 is 1.43 bits per heavy atom. The van der Waals surface area contributed by atoms with E-state index in [9.17, 15) is 4.79 Å². The second-order valence-corrected chi connectivity index (χ2v) is 5.24. The highest BCUT2D eigenvalue weighted by molar-refractivity contribution is 7.09. The van der Waals surface area contributed by atoms with Crippen molar-refractivity contribution in [1.82, 2.24) is 10.3 Å². The van der Waals surface area contributed by atoms with Gasteiger partial charge < -0.3 is 15.8 Å². The summed E-state index contributed by atoms with van der Waals surface area (Å²) in [6, 6.07) is 7.49. The smallest absolute Gasteiger partial charge is 0.271 e. The topological polar surface area (TPSA) is 77.2 Å². The first-order valence-corrected chi connectivity index (χ1v) is 7.11. The van der Waals surface area contributed by atoms with Crippen LogP contribution >= 0.6 is 23.7 Å². The van der Waals surface area contributed by atoms with Gasteiger partial charge in [-0.3, -0.25) is 4.79 Å². The standard InChI is InChI=1S/C14H17N3O2S.ClH/c1-9(10-3-5-11(19-2)6-4-10)16-14(18)12-8-20-13(7-15)17-12;/h3-6,8-9H,7,15H2,1-2H3,(H,16,18);1H. The highest BCUT2D eigenvalue weighted by atomic mass is 35.5. The van der Waals surface area contributed by atoms with Crippen LogP contribution in [-0.2, 0) is 6.54 Å². The van der Waals surface area contributed by atoms with Gasteiger partial charge in [0.2, 0.25) is 0 Å². The molecular formula is C14H18ClN3O2S. The minimum Gasteiger partial charge on any atom is -0.497 e. The Labute approximate surface area is 133 Å². The molecule has 1 amide bonds. The summed E-state index contributed by atoms with van der Waals surface area (Å²) in [5.41, 5.74) is 6.91. The monoisotopic (exact) mass is 327 g/mol. The van der Waals surface area contributed by atoms with Crippen molar-refractivity contribution < 1.29 is 9.53 Å². The molecule has 5 nitrogen and oxygen atoms in total. The van der Waals surface area contributed by atoms with Crippen molar-refractivity contribution in [3.8, 4) is 5.75 Å². The van der Waals surface area contributed by atoms with Crippen LogP contribution in [0.4, 0.5) is 0 Å². The Morgan fingerprint density at radius 2 is 2.10 bits per heavy atom. The third kappa shape index (κ3) is 4.42. The molecule has 1 aromatic carbocycles. The number of aromatic nitrogens is 1. The average Bonchev–Trinajstić information content (AvgIpc) is 2.96. The predicted molar refractivity (Wildman–Crippen MR) is 86.1 cm³/mol. The van der Waals surface area contributed by atoms with E-state index in [-0.39, 0.29) is 24.4 Å². The molecule has 0 aliphatic rings. The van der Waals surface area contributed by atoms with Gasteiger partial charge in [-0.2, -0.15) is 0 Å². The summed E-state index contributed by atoms with van der Waals surface area (Å²) in [4.78, 5) is 16.2. The van der Waals surface area contributed by atoms with E-state index in [1.807, 2.05) is 31.2 Å². The van der Waals surface area contributed by atoms with Crippen LogP contribution in [0.15, 0.2) is 29.6 Å². The lowest BCUT2D eigenvalue weighted by Crippen LogP contribution is -2.26. The fourth-order valence-corrected chi connectivity index (χ4v) is 2.41. The van der Waals surface area contributed by atoms with Crippen molar-refractivity contribution in [2.45, 2.75) is 19.5 Å². The van der Waals surface area contributed by atoms with Gasteiger partial charge in [0.1, 0.15) is 16.5 Å². The van der Waals surface area contributed by atoms with Gasteiger partial charge in [0.15, 0.2) is 0 Å². The Kier molecular flexibility index (Phi) is 6.61. The summed E-state index contributed by atoms with van der Waals surface area (Å²) in [5.74, 6) is 0.601. The van der Waals surface area contributed by atoms with E-state index < -0.39 is 0 Å². The number of nitrogens with two attached hydrogens (primary N) is 1. The van der Waals surface area contributed by atoms with Gasteiger partial charge in [0, 0.05) is 11.9 Å². The minimum atomic E-state index is -0.190. The molecule has 1 aromatic heterocycles. The van der Waals surface area contributed by atoms with Crippen molar-refractivity contribution in [1.29, 1.82) is 0 Å². The molecule has 7 heteroatoms. The average molecular weight is 328 g/mol. The van der Waals surface area contributed by atoms with Crippen LogP contribution in [0, 0.1) is 0 Å². The molecule has 0 fully saturated rings. The first-order valence-electron chi connectivity index (χ1n) is 6.23. The first kappa shape index (κ1) is 17.4. The van der Waals surface area contributed by atoms with Crippen molar-refractivity contribution >= 4 is 29.7 Å². The van der Waals surface area contributed by atoms with Crippen LogP contribution in [0.1, 0.15) is 34.0 Å². The molecule has 1 heterocycles. The van der Waals surface area contributed by atoms with Gasteiger partial charge in [-0.05, 0) is 24.6 Å². The zero-order valence-electron chi connectivity index (χ0n) is 11.8. The highest BCUT2D eigenvalue weighted by Gasteiger charge is 2.14. The summed E-state index contributed by atoms with van der Waals surface area (Å²) in [6.45, 7) is 2.28. The predicted octanol–water partition coefficient (Wildman–Crippen LogP) is 2.52. The lowest BCUT2D eigenvalue weighted by Gasteiger charge is -2.13. The number of hydrogen-bond donors (Lipinski definition) is 2. The fourth-order valence-electron chi connectivity index (χ4n) is 1.76. The summed E-state index contributed by atoms with van der Waals surface area (Å²) in [7, 11) is 1.62. The number of methoxy groups -OCH3 is 1. The van der Waals surface area contributed by atoms with E-state index in [1.165, 1.54) is 11.3 Å². The van der Waals surface area contributed by atoms with Crippen molar-refractivity contribution in [2.75, 3.05) is 7.11 Å². The summed E-state index contributed by atoms with van der Waals surface area (Å²) in [5, 5.41) is 5.39. The first-order chi connectivity index (χ1) is 9.63. The van der Waals surface area contributed by atoms with Crippen molar-refractivity contribution in [2.24, 2.45) is 5.73 Å². The number of hydrogen-bond acceptors (Lipinski definition) is 5. The summed E-state index contributed by atoms with van der Waals surface area (Å²) >= 11 is 1.39. The molecule has 1 unspecified atom stereocenters. The van der Waals surface area contributed by atoms with Crippen LogP contribution in [-0.4, -0.2) is 18.0 Å². The number of benzene rings is 1. The number of carbonyl (C=O) groups excluding carboxylic acids is 1. The number of thiazole rings is 1. The molecule has 0 bridgehead atoms. The molecular weight excluding hydrogens is 310 g/mol. The van der Waals surface area contributed by atoms with Gasteiger partial charge in [-0.1, -0.05) is 12.1 Å². The summed E-state index contributed by atoms with van der Waals surface area (Å²) in [6.07, 6.45) is 0. The molecule has 114 valence electrons. The van der Waals surface area contributed by atoms with Crippen LogP contribution in [0.5, 0.6) is 5.75 Å². The minimum absolute atomic E-state index is 0. The number of ether oxygens (including phenoxy) is 1. The zero-order chi connectivity index (χ0) is 14.5. The molecule has 0 radical (unpaired) electrons. The Balaban J connectivity index is 0.00000220. The third-order valence-corrected chi connectivity index (χ3v) is 3.79. The number of amides is 1. The Hall–Kier alpha value is -1.63. The molecule has 2 aromatic rings. The van der Waals surface area contributed by atoms with E-state index in [0.29, 0.717) is 12.2 Å². The molecule has 2 rings (SSSR count). The molecule has 1 atom stereocenters. The molecule has 0 spiro atoms. The molecule has 0 saturated carbocycles. The molecule has 0 aliphatic heterocycles. The molecule has 3 N–H and O–H groups in total. The number of nitrogens with zero attached hydrogens (tertiary/aromatic N) is 1. The quantitative estimate of drug-likeness (QED) is 0.884.